The van der Waals surface area contributed by atoms with Crippen LogP contribution in [0.4, 0.5) is 5.69 Å². The Kier molecular flexibility index (Phi) is 7.56. The number of para-hydroxylation sites is 1. The van der Waals surface area contributed by atoms with Crippen LogP contribution in [0.2, 0.25) is 0 Å². The Hall–Kier alpha value is -3.72. The maximum absolute atomic E-state index is 12.3. The predicted molar refractivity (Wildman–Crippen MR) is 115 cm³/mol. The lowest BCUT2D eigenvalue weighted by Crippen LogP contribution is -2.46. The predicted octanol–water partition coefficient (Wildman–Crippen LogP) is 1.92. The van der Waals surface area contributed by atoms with E-state index in [1.54, 1.807) is 31.3 Å². The number of Topliss-reactive ketones (excluding diaryl/α,β-unsaturated/α-hetero) is 1. The Balaban J connectivity index is 1.51. The van der Waals surface area contributed by atoms with Gasteiger partial charge in [0.25, 0.3) is 5.91 Å². The van der Waals surface area contributed by atoms with Crippen molar-refractivity contribution in [3.05, 3.63) is 59.7 Å². The highest BCUT2D eigenvalue weighted by atomic mass is 16.5. The van der Waals surface area contributed by atoms with Crippen LogP contribution in [0.5, 0.6) is 5.75 Å². The minimum atomic E-state index is -0.802. The smallest absolute Gasteiger partial charge is 0.338 e. The number of methoxy groups -OCH3 is 1. The molecule has 0 radical (unpaired) electrons. The number of ether oxygens (including phenoxy) is 3. The molecule has 1 heterocycles. The molecule has 1 unspecified atom stereocenters. The normalized spacial score (nSPS) is 15.8. The van der Waals surface area contributed by atoms with E-state index in [2.05, 4.69) is 5.32 Å². The Labute approximate surface area is 185 Å². The van der Waals surface area contributed by atoms with Crippen molar-refractivity contribution < 1.29 is 33.4 Å². The number of rotatable bonds is 8. The van der Waals surface area contributed by atoms with Crippen LogP contribution in [-0.4, -0.2) is 68.5 Å². The maximum atomic E-state index is 12.3. The molecule has 32 heavy (non-hydrogen) atoms. The van der Waals surface area contributed by atoms with E-state index in [-0.39, 0.29) is 29.6 Å². The van der Waals surface area contributed by atoms with E-state index in [1.807, 2.05) is 0 Å². The summed E-state index contributed by atoms with van der Waals surface area (Å²) in [6.45, 7) is 0.455. The number of likely N-dealkylation sites (N-methyl/N-ethyl adjacent to an activating group) is 1. The standard InChI is InChI=1S/C23H24N2O7/c1-25-11-12-31-20(22(25)28)13-21(27)24-16-9-7-15(8-10-16)23(29)32-14-18(26)17-5-3-4-6-19(17)30-2/h3-10,20H,11-14H2,1-2H3,(H,24,27). The number of hydrogen-bond acceptors (Lipinski definition) is 7. The maximum Gasteiger partial charge on any atom is 0.338 e. The Bertz CT molecular complexity index is 1000. The van der Waals surface area contributed by atoms with E-state index in [1.165, 1.54) is 36.3 Å². The van der Waals surface area contributed by atoms with Gasteiger partial charge in [0, 0.05) is 19.3 Å². The lowest BCUT2D eigenvalue weighted by atomic mass is 10.1. The Morgan fingerprint density at radius 1 is 1.12 bits per heavy atom. The first-order valence-corrected chi connectivity index (χ1v) is 9.99. The minimum absolute atomic E-state index is 0.0992. The van der Waals surface area contributed by atoms with E-state index in [4.69, 9.17) is 14.2 Å². The highest BCUT2D eigenvalue weighted by Crippen LogP contribution is 2.18. The number of hydrogen-bond donors (Lipinski definition) is 1. The molecule has 3 rings (SSSR count). The summed E-state index contributed by atoms with van der Waals surface area (Å²) in [6, 6.07) is 12.7. The quantitative estimate of drug-likeness (QED) is 0.493. The molecule has 168 valence electrons. The summed E-state index contributed by atoms with van der Waals surface area (Å²) in [7, 11) is 3.12. The van der Waals surface area contributed by atoms with Crippen LogP contribution in [0, 0.1) is 0 Å². The summed E-state index contributed by atoms with van der Waals surface area (Å²) in [6.07, 6.45) is -0.901. The van der Waals surface area contributed by atoms with E-state index in [0.717, 1.165) is 0 Å². The van der Waals surface area contributed by atoms with Gasteiger partial charge in [-0.1, -0.05) is 12.1 Å². The first kappa shape index (κ1) is 23.0. The number of amides is 2. The summed E-state index contributed by atoms with van der Waals surface area (Å²) in [4.78, 5) is 50.3. The first-order valence-electron chi connectivity index (χ1n) is 9.99. The average Bonchev–Trinajstić information content (AvgIpc) is 2.80. The van der Waals surface area contributed by atoms with Gasteiger partial charge < -0.3 is 24.4 Å². The molecule has 2 aromatic rings. The monoisotopic (exact) mass is 440 g/mol. The molecular formula is C23H24N2O7. The van der Waals surface area contributed by atoms with Crippen molar-refractivity contribution in [1.82, 2.24) is 4.90 Å². The topological polar surface area (TPSA) is 111 Å². The summed E-state index contributed by atoms with van der Waals surface area (Å²) in [5.41, 5.74) is 1.00. The van der Waals surface area contributed by atoms with Gasteiger partial charge in [-0.3, -0.25) is 14.4 Å². The average molecular weight is 440 g/mol. The van der Waals surface area contributed by atoms with Gasteiger partial charge >= 0.3 is 5.97 Å². The number of anilines is 1. The van der Waals surface area contributed by atoms with Gasteiger partial charge in [-0.25, -0.2) is 4.79 Å². The number of esters is 1. The number of morpholine rings is 1. The van der Waals surface area contributed by atoms with Gasteiger partial charge in [0.05, 0.1) is 31.3 Å². The highest BCUT2D eigenvalue weighted by molar-refractivity contribution is 6.01. The molecule has 2 aromatic carbocycles. The van der Waals surface area contributed by atoms with Crippen molar-refractivity contribution in [3.63, 3.8) is 0 Å². The van der Waals surface area contributed by atoms with Crippen molar-refractivity contribution >= 4 is 29.3 Å². The number of nitrogens with one attached hydrogen (secondary N) is 1. The zero-order valence-corrected chi connectivity index (χ0v) is 17.8. The van der Waals surface area contributed by atoms with Gasteiger partial charge in [0.2, 0.25) is 11.7 Å². The van der Waals surface area contributed by atoms with E-state index in [0.29, 0.717) is 30.2 Å². The van der Waals surface area contributed by atoms with Gasteiger partial charge in [-0.05, 0) is 36.4 Å². The fraction of sp³-hybridized carbons (Fsp3) is 0.304. The molecule has 1 aliphatic heterocycles. The molecule has 1 saturated heterocycles. The fourth-order valence-electron chi connectivity index (χ4n) is 3.14. The molecule has 0 bridgehead atoms. The van der Waals surface area contributed by atoms with Crippen LogP contribution in [0.15, 0.2) is 48.5 Å². The summed E-state index contributed by atoms with van der Waals surface area (Å²) >= 11 is 0. The first-order chi connectivity index (χ1) is 15.4. The summed E-state index contributed by atoms with van der Waals surface area (Å²) in [5, 5.41) is 2.67. The second-order valence-corrected chi connectivity index (χ2v) is 7.15. The van der Waals surface area contributed by atoms with Crippen molar-refractivity contribution in [2.24, 2.45) is 0 Å². The number of ketones is 1. The highest BCUT2D eigenvalue weighted by Gasteiger charge is 2.29. The van der Waals surface area contributed by atoms with Crippen molar-refractivity contribution in [2.75, 3.05) is 39.2 Å². The number of nitrogens with zero attached hydrogens (tertiary/aromatic N) is 1. The molecule has 1 N–H and O–H groups in total. The fourth-order valence-corrected chi connectivity index (χ4v) is 3.14. The second kappa shape index (κ2) is 10.5. The molecule has 2 amide bonds. The SMILES string of the molecule is COc1ccccc1C(=O)COC(=O)c1ccc(NC(=O)CC2OCCN(C)C2=O)cc1. The van der Waals surface area contributed by atoms with E-state index in [9.17, 15) is 19.2 Å². The van der Waals surface area contributed by atoms with Crippen LogP contribution in [0.1, 0.15) is 27.1 Å². The molecule has 9 heteroatoms. The van der Waals surface area contributed by atoms with Gasteiger partial charge in [-0.15, -0.1) is 0 Å². The largest absolute Gasteiger partial charge is 0.496 e. The lowest BCUT2D eigenvalue weighted by Gasteiger charge is -2.29. The molecule has 9 nitrogen and oxygen atoms in total. The molecule has 1 aliphatic rings. The molecule has 0 aliphatic carbocycles. The van der Waals surface area contributed by atoms with Crippen molar-refractivity contribution in [2.45, 2.75) is 12.5 Å². The van der Waals surface area contributed by atoms with Gasteiger partial charge in [0.1, 0.15) is 11.9 Å². The Morgan fingerprint density at radius 3 is 2.56 bits per heavy atom. The number of carbonyl (C=O) groups is 4. The summed E-state index contributed by atoms with van der Waals surface area (Å²) < 4.78 is 15.6. The zero-order valence-electron chi connectivity index (χ0n) is 17.8. The van der Waals surface area contributed by atoms with Crippen LogP contribution in [0.25, 0.3) is 0 Å². The van der Waals surface area contributed by atoms with Crippen molar-refractivity contribution in [1.29, 1.82) is 0 Å². The van der Waals surface area contributed by atoms with Crippen LogP contribution >= 0.6 is 0 Å². The summed E-state index contributed by atoms with van der Waals surface area (Å²) in [5.74, 6) is -1.26. The third-order valence-corrected chi connectivity index (χ3v) is 4.91. The number of carbonyl (C=O) groups excluding carboxylic acids is 4. The zero-order chi connectivity index (χ0) is 23.1. The molecule has 1 atom stereocenters. The van der Waals surface area contributed by atoms with Gasteiger partial charge in [-0.2, -0.15) is 0 Å². The van der Waals surface area contributed by atoms with Crippen LogP contribution < -0.4 is 10.1 Å². The lowest BCUT2D eigenvalue weighted by molar-refractivity contribution is -0.153. The molecule has 0 spiro atoms. The Morgan fingerprint density at radius 2 is 1.84 bits per heavy atom. The third-order valence-electron chi connectivity index (χ3n) is 4.91. The molecule has 1 fully saturated rings. The minimum Gasteiger partial charge on any atom is -0.496 e. The number of benzene rings is 2. The van der Waals surface area contributed by atoms with E-state index < -0.39 is 18.7 Å². The molecule has 0 saturated carbocycles. The second-order valence-electron chi connectivity index (χ2n) is 7.15. The van der Waals surface area contributed by atoms with Crippen LogP contribution in [0.3, 0.4) is 0 Å². The van der Waals surface area contributed by atoms with Crippen molar-refractivity contribution in [3.8, 4) is 5.75 Å². The van der Waals surface area contributed by atoms with Gasteiger partial charge in [0.15, 0.2) is 6.61 Å². The van der Waals surface area contributed by atoms with E-state index >= 15 is 0 Å². The molecule has 0 aromatic heterocycles. The van der Waals surface area contributed by atoms with Crippen LogP contribution in [-0.2, 0) is 19.1 Å². The third kappa shape index (κ3) is 5.70. The molecular weight excluding hydrogens is 416 g/mol.